The molecule has 0 aliphatic rings. The fourth-order valence-corrected chi connectivity index (χ4v) is 4.56. The first kappa shape index (κ1) is 30.4. The van der Waals surface area contributed by atoms with Crippen LogP contribution in [-0.2, 0) is 32.8 Å². The molecular formula is C30H36N6O6. The van der Waals surface area contributed by atoms with Gasteiger partial charge in [0, 0.05) is 18.5 Å². The number of imidazole rings is 1. The molecule has 4 aromatic rings. The highest BCUT2D eigenvalue weighted by molar-refractivity contribution is 5.89. The molecule has 2 heterocycles. The molecular weight excluding hydrogens is 540 g/mol. The van der Waals surface area contributed by atoms with Crippen molar-refractivity contribution in [3.63, 3.8) is 0 Å². The number of nitrogens with zero attached hydrogens (tertiary/aromatic N) is 5. The van der Waals surface area contributed by atoms with Crippen LogP contribution in [0.25, 0.3) is 22.5 Å². The molecule has 0 atom stereocenters. The largest absolute Gasteiger partial charge is 0.511 e. The Morgan fingerprint density at radius 3 is 2.38 bits per heavy atom. The molecule has 0 fully saturated rings. The van der Waals surface area contributed by atoms with E-state index >= 15 is 0 Å². The normalized spacial score (nSPS) is 11.5. The lowest BCUT2D eigenvalue weighted by Gasteiger charge is -2.22. The summed E-state index contributed by atoms with van der Waals surface area (Å²) >= 11 is 0. The molecule has 0 amide bonds. The highest BCUT2D eigenvalue weighted by atomic mass is 16.8. The Bertz CT molecular complexity index is 1490. The fraction of sp³-hybridized carbons (Fsp3) is 0.400. The quantitative estimate of drug-likeness (QED) is 0.173. The summed E-state index contributed by atoms with van der Waals surface area (Å²) in [6.45, 7) is 8.33. The summed E-state index contributed by atoms with van der Waals surface area (Å²) in [6.07, 6.45) is 1.04. The first-order valence-electron chi connectivity index (χ1n) is 13.8. The van der Waals surface area contributed by atoms with E-state index in [1.807, 2.05) is 53.1 Å². The number of rotatable bonds is 12. The van der Waals surface area contributed by atoms with Crippen LogP contribution in [0, 0.1) is 0 Å². The van der Waals surface area contributed by atoms with E-state index in [1.165, 1.54) is 0 Å². The zero-order valence-electron chi connectivity index (χ0n) is 24.5. The van der Waals surface area contributed by atoms with Crippen molar-refractivity contribution in [2.75, 3.05) is 6.79 Å². The molecule has 0 radical (unpaired) electrons. The van der Waals surface area contributed by atoms with Crippen molar-refractivity contribution < 1.29 is 28.9 Å². The molecule has 2 aromatic carbocycles. The maximum absolute atomic E-state index is 13.1. The average molecular weight is 577 g/mol. The number of aromatic amines is 1. The van der Waals surface area contributed by atoms with Gasteiger partial charge in [-0.1, -0.05) is 61.9 Å². The number of ether oxygens (including phenoxy) is 3. The molecule has 12 nitrogen and oxygen atoms in total. The van der Waals surface area contributed by atoms with Crippen molar-refractivity contribution >= 4 is 12.1 Å². The topological polar surface area (TPSA) is 154 Å². The van der Waals surface area contributed by atoms with Gasteiger partial charge in [0.1, 0.15) is 11.4 Å². The molecule has 12 heteroatoms. The number of hydrogen-bond donors (Lipinski definition) is 2. The van der Waals surface area contributed by atoms with E-state index in [1.54, 1.807) is 27.7 Å². The van der Waals surface area contributed by atoms with Gasteiger partial charge in [0.05, 0.1) is 11.8 Å². The molecule has 0 bridgehead atoms. The number of nitrogens with one attached hydrogen (secondary N) is 1. The number of aryl methyl sites for hydroxylation is 1. The van der Waals surface area contributed by atoms with Crippen molar-refractivity contribution in [3.8, 4) is 22.5 Å². The van der Waals surface area contributed by atoms with E-state index in [2.05, 4.69) is 32.5 Å². The molecule has 4 rings (SSSR count). The molecule has 0 aliphatic heterocycles. The molecule has 2 aromatic heterocycles. The van der Waals surface area contributed by atoms with Crippen LogP contribution in [0.4, 0.5) is 4.79 Å². The summed E-state index contributed by atoms with van der Waals surface area (Å²) in [6, 6.07) is 15.8. The van der Waals surface area contributed by atoms with Gasteiger partial charge in [-0.05, 0) is 56.0 Å². The number of hydrogen-bond acceptors (Lipinski definition) is 10. The van der Waals surface area contributed by atoms with E-state index in [4.69, 9.17) is 14.2 Å². The first-order valence-corrected chi connectivity index (χ1v) is 13.8. The van der Waals surface area contributed by atoms with Gasteiger partial charge in [-0.15, -0.1) is 10.2 Å². The monoisotopic (exact) mass is 576 g/mol. The minimum Gasteiger partial charge on any atom is -0.431 e. The van der Waals surface area contributed by atoms with Gasteiger partial charge in [0.2, 0.25) is 12.6 Å². The van der Waals surface area contributed by atoms with Crippen LogP contribution in [0.3, 0.4) is 0 Å². The van der Waals surface area contributed by atoms with Crippen LogP contribution in [0.5, 0.6) is 0 Å². The van der Waals surface area contributed by atoms with Crippen molar-refractivity contribution in [2.24, 2.45) is 0 Å². The average Bonchev–Trinajstić information content (AvgIpc) is 3.60. The highest BCUT2D eigenvalue weighted by Gasteiger charge is 2.33. The first-order chi connectivity index (χ1) is 20.1. The number of H-pyrrole nitrogens is 1. The summed E-state index contributed by atoms with van der Waals surface area (Å²) in [5.41, 5.74) is 2.58. The van der Waals surface area contributed by atoms with Gasteiger partial charge in [-0.3, -0.25) is 0 Å². The predicted molar refractivity (Wildman–Crippen MR) is 153 cm³/mol. The number of tetrazole rings is 1. The third-order valence-electron chi connectivity index (χ3n) is 6.39. The Morgan fingerprint density at radius 1 is 1.05 bits per heavy atom. The molecule has 0 unspecified atom stereocenters. The second-order valence-corrected chi connectivity index (χ2v) is 10.6. The molecule has 2 N–H and O–H groups in total. The third-order valence-corrected chi connectivity index (χ3v) is 6.39. The second kappa shape index (κ2) is 13.4. The van der Waals surface area contributed by atoms with Gasteiger partial charge in [-0.2, -0.15) is 5.21 Å². The fourth-order valence-electron chi connectivity index (χ4n) is 4.56. The molecule has 0 aliphatic carbocycles. The van der Waals surface area contributed by atoms with E-state index < -0.39 is 24.5 Å². The van der Waals surface area contributed by atoms with Gasteiger partial charge in [-0.25, -0.2) is 14.6 Å². The molecule has 0 saturated carbocycles. The number of aliphatic hydroxyl groups is 1. The Kier molecular flexibility index (Phi) is 9.68. The van der Waals surface area contributed by atoms with Crippen LogP contribution < -0.4 is 0 Å². The van der Waals surface area contributed by atoms with E-state index in [-0.39, 0.29) is 11.8 Å². The van der Waals surface area contributed by atoms with Crippen molar-refractivity contribution in [3.05, 3.63) is 71.3 Å². The Morgan fingerprint density at radius 2 is 1.76 bits per heavy atom. The van der Waals surface area contributed by atoms with Gasteiger partial charge >= 0.3 is 12.1 Å². The second-order valence-electron chi connectivity index (χ2n) is 10.6. The standard InChI is InChI=1S/C30H36N6O6/c1-6-7-12-24-31-25(28(37)40-18-41-29(38)42-19(2)3)26(30(4,5)39)36(24)17-20-13-15-21(16-14-20)22-10-8-9-11-23(22)27-32-34-35-33-27/h8-11,13-16,19,39H,6-7,12,17-18H2,1-5H3,(H,32,33,34,35). The summed E-state index contributed by atoms with van der Waals surface area (Å²) in [5, 5.41) is 25.6. The maximum atomic E-state index is 13.1. The lowest BCUT2D eigenvalue weighted by molar-refractivity contribution is -0.0353. The van der Waals surface area contributed by atoms with Crippen molar-refractivity contribution in [1.82, 2.24) is 30.2 Å². The lowest BCUT2D eigenvalue weighted by atomic mass is 9.98. The van der Waals surface area contributed by atoms with Gasteiger partial charge < -0.3 is 23.9 Å². The Hall–Kier alpha value is -4.58. The van der Waals surface area contributed by atoms with Crippen LogP contribution >= 0.6 is 0 Å². The van der Waals surface area contributed by atoms with Gasteiger partial charge in [0.15, 0.2) is 5.69 Å². The zero-order valence-corrected chi connectivity index (χ0v) is 24.5. The summed E-state index contributed by atoms with van der Waals surface area (Å²) in [7, 11) is 0. The third kappa shape index (κ3) is 7.38. The number of benzene rings is 2. The SMILES string of the molecule is CCCCc1nc(C(=O)OCOC(=O)OC(C)C)c(C(C)(C)O)n1Cc1ccc(-c2ccccc2-c2nn[nH]n2)cc1. The number of esters is 1. The van der Waals surface area contributed by atoms with Crippen LogP contribution in [0.15, 0.2) is 48.5 Å². The lowest BCUT2D eigenvalue weighted by Crippen LogP contribution is -2.26. The van der Waals surface area contributed by atoms with Gasteiger partial charge in [0.25, 0.3) is 0 Å². The number of carbonyl (C=O) groups is 2. The number of unbranched alkanes of at least 4 members (excludes halogenated alkanes) is 1. The summed E-state index contributed by atoms with van der Waals surface area (Å²) in [5.74, 6) is 0.340. The predicted octanol–water partition coefficient (Wildman–Crippen LogP) is 5.02. The van der Waals surface area contributed by atoms with Crippen molar-refractivity contribution in [2.45, 2.75) is 72.1 Å². The van der Waals surface area contributed by atoms with Crippen LogP contribution in [0.2, 0.25) is 0 Å². The molecule has 222 valence electrons. The van der Waals surface area contributed by atoms with E-state index in [0.29, 0.717) is 30.3 Å². The smallest absolute Gasteiger partial charge is 0.431 e. The summed E-state index contributed by atoms with van der Waals surface area (Å²) in [4.78, 5) is 29.3. The summed E-state index contributed by atoms with van der Waals surface area (Å²) < 4.78 is 16.8. The maximum Gasteiger partial charge on any atom is 0.511 e. The van der Waals surface area contributed by atoms with Crippen LogP contribution in [0.1, 0.15) is 75.0 Å². The number of carbonyl (C=O) groups excluding carboxylic acids is 2. The minimum atomic E-state index is -1.42. The molecule has 0 spiro atoms. The Labute approximate surface area is 244 Å². The number of aromatic nitrogens is 6. The molecule has 42 heavy (non-hydrogen) atoms. The minimum absolute atomic E-state index is 0.0277. The zero-order chi connectivity index (χ0) is 30.3. The van der Waals surface area contributed by atoms with E-state index in [9.17, 15) is 14.7 Å². The molecule has 0 saturated heterocycles. The van der Waals surface area contributed by atoms with E-state index in [0.717, 1.165) is 35.1 Å². The van der Waals surface area contributed by atoms with Crippen molar-refractivity contribution in [1.29, 1.82) is 0 Å². The highest BCUT2D eigenvalue weighted by Crippen LogP contribution is 2.31. The van der Waals surface area contributed by atoms with Crippen LogP contribution in [-0.4, -0.2) is 60.3 Å². The Balaban J connectivity index is 1.62.